The second-order valence-corrected chi connectivity index (χ2v) is 5.76. The van der Waals surface area contributed by atoms with Gasteiger partial charge in [0, 0.05) is 5.39 Å². The Morgan fingerprint density at radius 1 is 1.17 bits per heavy atom. The van der Waals surface area contributed by atoms with Gasteiger partial charge in [0.1, 0.15) is 17.1 Å². The number of furan rings is 1. The molecule has 24 heavy (non-hydrogen) atoms. The standard InChI is InChI=1S/C20H21NO3/c1-3-15-8-10-17(11-9-15)23-13-20(22)21-14(2)19-12-16-6-4-5-7-18(16)24-19/h4-12,14H,3,13H2,1-2H3,(H,21,22). The summed E-state index contributed by atoms with van der Waals surface area (Å²) in [6.07, 6.45) is 0.982. The molecule has 0 saturated heterocycles. The average molecular weight is 323 g/mol. The molecule has 0 aliphatic rings. The van der Waals surface area contributed by atoms with E-state index in [4.69, 9.17) is 9.15 Å². The lowest BCUT2D eigenvalue weighted by Gasteiger charge is -2.12. The number of ether oxygens (including phenoxy) is 1. The summed E-state index contributed by atoms with van der Waals surface area (Å²) < 4.78 is 11.3. The summed E-state index contributed by atoms with van der Waals surface area (Å²) in [5.41, 5.74) is 2.06. The maximum absolute atomic E-state index is 12.1. The van der Waals surface area contributed by atoms with E-state index in [1.54, 1.807) is 0 Å². The molecule has 124 valence electrons. The Morgan fingerprint density at radius 2 is 1.92 bits per heavy atom. The molecule has 1 N–H and O–H groups in total. The molecule has 4 nitrogen and oxygen atoms in total. The average Bonchev–Trinajstić information content (AvgIpc) is 3.05. The zero-order valence-corrected chi connectivity index (χ0v) is 13.9. The quantitative estimate of drug-likeness (QED) is 0.738. The van der Waals surface area contributed by atoms with Crippen LogP contribution in [0.15, 0.2) is 59.0 Å². The fourth-order valence-corrected chi connectivity index (χ4v) is 2.54. The molecule has 1 amide bonds. The molecular formula is C20H21NO3. The summed E-state index contributed by atoms with van der Waals surface area (Å²) in [5.74, 6) is 1.25. The van der Waals surface area contributed by atoms with Gasteiger partial charge in [-0.25, -0.2) is 0 Å². The summed E-state index contributed by atoms with van der Waals surface area (Å²) in [7, 11) is 0. The summed E-state index contributed by atoms with van der Waals surface area (Å²) in [5, 5.41) is 3.92. The van der Waals surface area contributed by atoms with Gasteiger partial charge in [0.2, 0.25) is 0 Å². The zero-order valence-electron chi connectivity index (χ0n) is 13.9. The number of amides is 1. The van der Waals surface area contributed by atoms with Crippen LogP contribution in [0.4, 0.5) is 0 Å². The maximum Gasteiger partial charge on any atom is 0.258 e. The van der Waals surface area contributed by atoms with Crippen LogP contribution in [0.2, 0.25) is 0 Å². The molecule has 0 bridgehead atoms. The first-order chi connectivity index (χ1) is 11.7. The van der Waals surface area contributed by atoms with Crippen LogP contribution in [0.1, 0.15) is 31.2 Å². The Balaban J connectivity index is 1.55. The lowest BCUT2D eigenvalue weighted by Crippen LogP contribution is -2.31. The lowest BCUT2D eigenvalue weighted by atomic mass is 10.2. The van der Waals surface area contributed by atoms with Gasteiger partial charge in [-0.1, -0.05) is 37.3 Å². The number of aryl methyl sites for hydroxylation is 1. The van der Waals surface area contributed by atoms with Crippen LogP contribution < -0.4 is 10.1 Å². The Hall–Kier alpha value is -2.75. The zero-order chi connectivity index (χ0) is 16.9. The highest BCUT2D eigenvalue weighted by Crippen LogP contribution is 2.23. The molecule has 0 fully saturated rings. The predicted octanol–water partition coefficient (Wildman–Crippen LogP) is 4.25. The summed E-state index contributed by atoms with van der Waals surface area (Å²) in [6, 6.07) is 17.3. The fraction of sp³-hybridized carbons (Fsp3) is 0.250. The molecule has 0 aliphatic carbocycles. The highest BCUT2D eigenvalue weighted by Gasteiger charge is 2.14. The molecule has 0 radical (unpaired) electrons. The van der Waals surface area contributed by atoms with E-state index >= 15 is 0 Å². The molecular weight excluding hydrogens is 302 g/mol. The number of hydrogen-bond acceptors (Lipinski definition) is 3. The Labute approximate surface area is 141 Å². The molecule has 2 aromatic carbocycles. The minimum atomic E-state index is -0.212. The van der Waals surface area contributed by atoms with Gasteiger partial charge < -0.3 is 14.5 Å². The number of hydrogen-bond donors (Lipinski definition) is 1. The Bertz CT molecular complexity index is 787. The molecule has 0 spiro atoms. The molecule has 3 rings (SSSR count). The molecule has 0 aliphatic heterocycles. The first kappa shape index (κ1) is 16.1. The van der Waals surface area contributed by atoms with Crippen LogP contribution in [0.5, 0.6) is 5.75 Å². The van der Waals surface area contributed by atoms with Gasteiger partial charge >= 0.3 is 0 Å². The molecule has 4 heteroatoms. The maximum atomic E-state index is 12.1. The van der Waals surface area contributed by atoms with Crippen LogP contribution >= 0.6 is 0 Å². The van der Waals surface area contributed by atoms with Crippen molar-refractivity contribution in [1.82, 2.24) is 5.32 Å². The van der Waals surface area contributed by atoms with Crippen molar-refractivity contribution in [3.05, 3.63) is 65.9 Å². The normalized spacial score (nSPS) is 12.1. The monoisotopic (exact) mass is 323 g/mol. The lowest BCUT2D eigenvalue weighted by molar-refractivity contribution is -0.123. The minimum absolute atomic E-state index is 0.0178. The van der Waals surface area contributed by atoms with E-state index < -0.39 is 0 Å². The smallest absolute Gasteiger partial charge is 0.258 e. The second kappa shape index (κ2) is 7.21. The van der Waals surface area contributed by atoms with Crippen LogP contribution in [-0.2, 0) is 11.2 Å². The van der Waals surface area contributed by atoms with Crippen LogP contribution in [0, 0.1) is 0 Å². The van der Waals surface area contributed by atoms with Gasteiger partial charge in [-0.2, -0.15) is 0 Å². The van der Waals surface area contributed by atoms with E-state index in [0.717, 1.165) is 23.2 Å². The molecule has 0 saturated carbocycles. The van der Waals surface area contributed by atoms with Crippen molar-refractivity contribution in [1.29, 1.82) is 0 Å². The highest BCUT2D eigenvalue weighted by molar-refractivity contribution is 5.79. The van der Waals surface area contributed by atoms with Crippen molar-refractivity contribution < 1.29 is 13.9 Å². The number of carbonyl (C=O) groups excluding carboxylic acids is 1. The number of rotatable bonds is 6. The third kappa shape index (κ3) is 3.77. The minimum Gasteiger partial charge on any atom is -0.484 e. The van der Waals surface area contributed by atoms with E-state index in [-0.39, 0.29) is 18.6 Å². The van der Waals surface area contributed by atoms with Crippen molar-refractivity contribution in [3.8, 4) is 5.75 Å². The van der Waals surface area contributed by atoms with Crippen molar-refractivity contribution in [2.45, 2.75) is 26.3 Å². The predicted molar refractivity (Wildman–Crippen MR) is 94.1 cm³/mol. The number of benzene rings is 2. The van der Waals surface area contributed by atoms with Crippen LogP contribution in [0.3, 0.4) is 0 Å². The Morgan fingerprint density at radius 3 is 2.62 bits per heavy atom. The van der Waals surface area contributed by atoms with Gasteiger partial charge in [-0.05, 0) is 43.2 Å². The molecule has 3 aromatic rings. The fourth-order valence-electron chi connectivity index (χ4n) is 2.54. The van der Waals surface area contributed by atoms with Crippen molar-refractivity contribution in [2.75, 3.05) is 6.61 Å². The summed E-state index contributed by atoms with van der Waals surface area (Å²) in [6.45, 7) is 3.98. The van der Waals surface area contributed by atoms with E-state index in [2.05, 4.69) is 12.2 Å². The third-order valence-corrected chi connectivity index (χ3v) is 3.95. The van der Waals surface area contributed by atoms with Gasteiger partial charge in [-0.15, -0.1) is 0 Å². The largest absolute Gasteiger partial charge is 0.484 e. The van der Waals surface area contributed by atoms with E-state index in [9.17, 15) is 4.79 Å². The van der Waals surface area contributed by atoms with Gasteiger partial charge in [0.15, 0.2) is 6.61 Å². The van der Waals surface area contributed by atoms with Crippen molar-refractivity contribution in [2.24, 2.45) is 0 Å². The topological polar surface area (TPSA) is 51.5 Å². The number of nitrogens with one attached hydrogen (secondary N) is 1. The van der Waals surface area contributed by atoms with Gasteiger partial charge in [-0.3, -0.25) is 4.79 Å². The van der Waals surface area contributed by atoms with Crippen molar-refractivity contribution >= 4 is 16.9 Å². The molecule has 1 aromatic heterocycles. The first-order valence-corrected chi connectivity index (χ1v) is 8.15. The van der Waals surface area contributed by atoms with Gasteiger partial charge in [0.25, 0.3) is 5.91 Å². The summed E-state index contributed by atoms with van der Waals surface area (Å²) in [4.78, 5) is 12.1. The SMILES string of the molecule is CCc1ccc(OCC(=O)NC(C)c2cc3ccccc3o2)cc1. The molecule has 1 atom stereocenters. The van der Waals surface area contributed by atoms with Crippen molar-refractivity contribution in [3.63, 3.8) is 0 Å². The second-order valence-electron chi connectivity index (χ2n) is 5.76. The van der Waals surface area contributed by atoms with Gasteiger partial charge in [0.05, 0.1) is 6.04 Å². The number of para-hydroxylation sites is 1. The van der Waals surface area contributed by atoms with E-state index in [1.807, 2.05) is 61.5 Å². The Kier molecular flexibility index (Phi) is 4.85. The molecule has 1 unspecified atom stereocenters. The van der Waals surface area contributed by atoms with Crippen LogP contribution in [-0.4, -0.2) is 12.5 Å². The van der Waals surface area contributed by atoms with E-state index in [0.29, 0.717) is 5.75 Å². The summed E-state index contributed by atoms with van der Waals surface area (Å²) >= 11 is 0. The van der Waals surface area contributed by atoms with E-state index in [1.165, 1.54) is 5.56 Å². The number of carbonyl (C=O) groups is 1. The number of fused-ring (bicyclic) bond motifs is 1. The molecule has 1 heterocycles. The third-order valence-electron chi connectivity index (χ3n) is 3.95. The highest BCUT2D eigenvalue weighted by atomic mass is 16.5. The first-order valence-electron chi connectivity index (χ1n) is 8.15. The van der Waals surface area contributed by atoms with Crippen LogP contribution in [0.25, 0.3) is 11.0 Å².